The van der Waals surface area contributed by atoms with Gasteiger partial charge in [0.25, 0.3) is 0 Å². The minimum atomic E-state index is -0.769. The van der Waals surface area contributed by atoms with E-state index in [2.05, 4.69) is 5.32 Å². The largest absolute Gasteiger partial charge is 0.306 e. The van der Waals surface area contributed by atoms with Gasteiger partial charge in [-0.3, -0.25) is 0 Å². The summed E-state index contributed by atoms with van der Waals surface area (Å²) in [7, 11) is 0. The number of aryl methyl sites for hydroxylation is 1. The van der Waals surface area contributed by atoms with E-state index in [-0.39, 0.29) is 6.04 Å². The molecule has 0 heterocycles. The van der Waals surface area contributed by atoms with E-state index < -0.39 is 11.6 Å². The van der Waals surface area contributed by atoms with Crippen LogP contribution in [0.2, 0.25) is 0 Å². The molecule has 0 spiro atoms. The van der Waals surface area contributed by atoms with Crippen molar-refractivity contribution in [1.29, 1.82) is 0 Å². The highest BCUT2D eigenvalue weighted by Gasteiger charge is 2.20. The fourth-order valence-electron chi connectivity index (χ4n) is 2.14. The highest BCUT2D eigenvalue weighted by Crippen LogP contribution is 2.26. The zero-order chi connectivity index (χ0) is 13.8. The lowest BCUT2D eigenvalue weighted by Gasteiger charge is -2.20. The Morgan fingerprint density at radius 1 is 1.00 bits per heavy atom. The Morgan fingerprint density at radius 3 is 2.32 bits per heavy atom. The molecule has 2 rings (SSSR count). The Bertz CT molecular complexity index is 552. The maximum Gasteiger partial charge on any atom is 0.164 e. The third-order valence-corrected chi connectivity index (χ3v) is 3.16. The number of nitrogens with one attached hydrogen (secondary N) is 1. The summed E-state index contributed by atoms with van der Waals surface area (Å²) in [5, 5.41) is 3.20. The van der Waals surface area contributed by atoms with Gasteiger partial charge in [-0.1, -0.05) is 49.4 Å². The molecule has 100 valence electrons. The molecule has 0 aliphatic carbocycles. The van der Waals surface area contributed by atoms with Crippen LogP contribution >= 0.6 is 0 Å². The molecular weight excluding hydrogens is 244 g/mol. The van der Waals surface area contributed by atoms with E-state index in [1.807, 2.05) is 37.3 Å². The molecule has 0 aliphatic rings. The number of benzene rings is 2. The van der Waals surface area contributed by atoms with Crippen molar-refractivity contribution in [3.8, 4) is 0 Å². The van der Waals surface area contributed by atoms with Crippen molar-refractivity contribution < 1.29 is 8.78 Å². The highest BCUT2D eigenvalue weighted by molar-refractivity contribution is 5.35. The van der Waals surface area contributed by atoms with Gasteiger partial charge in [0.05, 0.1) is 6.04 Å². The molecule has 1 nitrogen and oxygen atoms in total. The molecule has 0 fully saturated rings. The van der Waals surface area contributed by atoms with Gasteiger partial charge in [0.15, 0.2) is 11.6 Å². The quantitative estimate of drug-likeness (QED) is 0.878. The van der Waals surface area contributed by atoms with E-state index >= 15 is 0 Å². The lowest BCUT2D eigenvalue weighted by atomic mass is 9.97. The molecule has 0 radical (unpaired) electrons. The predicted molar refractivity (Wildman–Crippen MR) is 73.1 cm³/mol. The Hall–Kier alpha value is -1.74. The van der Waals surface area contributed by atoms with E-state index in [0.29, 0.717) is 17.7 Å². The standard InChI is InChI=1S/C16H17F2N/c1-3-19-16(12-7-5-4-6-8-12)13-10-9-11(2)14(17)15(13)18/h4-10,16,19H,3H2,1-2H3. The Morgan fingerprint density at radius 2 is 1.68 bits per heavy atom. The van der Waals surface area contributed by atoms with Crippen LogP contribution in [0.3, 0.4) is 0 Å². The van der Waals surface area contributed by atoms with Crippen LogP contribution in [0.5, 0.6) is 0 Å². The fourth-order valence-corrected chi connectivity index (χ4v) is 2.14. The molecule has 0 saturated heterocycles. The van der Waals surface area contributed by atoms with Crippen LogP contribution < -0.4 is 5.32 Å². The van der Waals surface area contributed by atoms with Gasteiger partial charge >= 0.3 is 0 Å². The van der Waals surface area contributed by atoms with Crippen LogP contribution in [-0.4, -0.2) is 6.54 Å². The van der Waals surface area contributed by atoms with Crippen LogP contribution in [0.25, 0.3) is 0 Å². The highest BCUT2D eigenvalue weighted by atomic mass is 19.2. The van der Waals surface area contributed by atoms with Gasteiger partial charge in [-0.15, -0.1) is 0 Å². The van der Waals surface area contributed by atoms with Crippen molar-refractivity contribution in [2.24, 2.45) is 0 Å². The summed E-state index contributed by atoms with van der Waals surface area (Å²) in [6.45, 7) is 4.18. The SMILES string of the molecule is CCNC(c1ccccc1)c1ccc(C)c(F)c1F. The summed E-state index contributed by atoms with van der Waals surface area (Å²) in [5.41, 5.74) is 1.59. The monoisotopic (exact) mass is 261 g/mol. The van der Waals surface area contributed by atoms with Crippen molar-refractivity contribution in [1.82, 2.24) is 5.32 Å². The molecule has 3 heteroatoms. The predicted octanol–water partition coefficient (Wildman–Crippen LogP) is 3.97. The van der Waals surface area contributed by atoms with E-state index in [1.54, 1.807) is 19.1 Å². The number of rotatable bonds is 4. The third-order valence-electron chi connectivity index (χ3n) is 3.16. The first-order valence-electron chi connectivity index (χ1n) is 6.38. The Labute approximate surface area is 112 Å². The van der Waals surface area contributed by atoms with Gasteiger partial charge in [-0.2, -0.15) is 0 Å². The second-order valence-corrected chi connectivity index (χ2v) is 4.50. The minimum Gasteiger partial charge on any atom is -0.306 e. The summed E-state index contributed by atoms with van der Waals surface area (Å²) >= 11 is 0. The lowest BCUT2D eigenvalue weighted by Crippen LogP contribution is -2.23. The first-order chi connectivity index (χ1) is 9.15. The van der Waals surface area contributed by atoms with Crippen molar-refractivity contribution in [3.05, 3.63) is 70.8 Å². The molecule has 0 amide bonds. The average Bonchev–Trinajstić information content (AvgIpc) is 2.44. The van der Waals surface area contributed by atoms with Crippen molar-refractivity contribution in [2.75, 3.05) is 6.54 Å². The van der Waals surface area contributed by atoms with Crippen molar-refractivity contribution >= 4 is 0 Å². The van der Waals surface area contributed by atoms with Gasteiger partial charge in [0.2, 0.25) is 0 Å². The number of hydrogen-bond donors (Lipinski definition) is 1. The molecule has 0 aliphatic heterocycles. The summed E-state index contributed by atoms with van der Waals surface area (Å²) < 4.78 is 27.8. The van der Waals surface area contributed by atoms with Crippen LogP contribution in [0.15, 0.2) is 42.5 Å². The van der Waals surface area contributed by atoms with Crippen LogP contribution in [-0.2, 0) is 0 Å². The van der Waals surface area contributed by atoms with E-state index in [0.717, 1.165) is 5.56 Å². The van der Waals surface area contributed by atoms with Gasteiger partial charge in [-0.25, -0.2) is 8.78 Å². The Balaban J connectivity index is 2.49. The molecule has 19 heavy (non-hydrogen) atoms. The van der Waals surface area contributed by atoms with Gasteiger partial charge in [-0.05, 0) is 24.6 Å². The molecule has 1 N–H and O–H groups in total. The smallest absolute Gasteiger partial charge is 0.164 e. The summed E-state index contributed by atoms with van der Waals surface area (Å²) in [6, 6.07) is 12.4. The zero-order valence-electron chi connectivity index (χ0n) is 11.1. The second-order valence-electron chi connectivity index (χ2n) is 4.50. The van der Waals surface area contributed by atoms with Gasteiger partial charge in [0.1, 0.15) is 0 Å². The number of halogens is 2. The summed E-state index contributed by atoms with van der Waals surface area (Å²) in [6.07, 6.45) is 0. The third kappa shape index (κ3) is 2.82. The maximum absolute atomic E-state index is 14.1. The second kappa shape index (κ2) is 5.93. The Kier molecular flexibility index (Phi) is 4.27. The molecule has 0 aromatic heterocycles. The first kappa shape index (κ1) is 13.7. The van der Waals surface area contributed by atoms with E-state index in [9.17, 15) is 8.78 Å². The average molecular weight is 261 g/mol. The lowest BCUT2D eigenvalue weighted by molar-refractivity contribution is 0.478. The van der Waals surface area contributed by atoms with E-state index in [4.69, 9.17) is 0 Å². The molecule has 1 unspecified atom stereocenters. The van der Waals surface area contributed by atoms with Crippen molar-refractivity contribution in [3.63, 3.8) is 0 Å². The molecule has 1 atom stereocenters. The molecule has 0 bridgehead atoms. The summed E-state index contributed by atoms with van der Waals surface area (Å²) in [5.74, 6) is -1.54. The van der Waals surface area contributed by atoms with Gasteiger partial charge < -0.3 is 5.32 Å². The van der Waals surface area contributed by atoms with E-state index in [1.165, 1.54) is 0 Å². The minimum absolute atomic E-state index is 0.324. The number of hydrogen-bond acceptors (Lipinski definition) is 1. The molecule has 0 saturated carbocycles. The molecule has 2 aromatic rings. The molecule has 2 aromatic carbocycles. The van der Waals surface area contributed by atoms with Crippen LogP contribution in [0.1, 0.15) is 29.7 Å². The van der Waals surface area contributed by atoms with Crippen LogP contribution in [0, 0.1) is 18.6 Å². The zero-order valence-corrected chi connectivity index (χ0v) is 11.1. The first-order valence-corrected chi connectivity index (χ1v) is 6.38. The topological polar surface area (TPSA) is 12.0 Å². The normalized spacial score (nSPS) is 12.4. The maximum atomic E-state index is 14.1. The summed E-state index contributed by atoms with van der Waals surface area (Å²) in [4.78, 5) is 0. The van der Waals surface area contributed by atoms with Crippen LogP contribution in [0.4, 0.5) is 8.78 Å². The van der Waals surface area contributed by atoms with Crippen molar-refractivity contribution in [2.45, 2.75) is 19.9 Å². The fraction of sp³-hybridized carbons (Fsp3) is 0.250. The van der Waals surface area contributed by atoms with Gasteiger partial charge in [0, 0.05) is 5.56 Å². The molecular formula is C16H17F2N.